The predicted molar refractivity (Wildman–Crippen MR) is 104 cm³/mol. The lowest BCUT2D eigenvalue weighted by Gasteiger charge is -2.09. The minimum Gasteiger partial charge on any atom is -0.493 e. The SMILES string of the molecule is COc1ccc(C(=O)NCCSc2n[nH]c(-c3ccccc3)n2)cc1OC. The summed E-state index contributed by atoms with van der Waals surface area (Å²) in [4.78, 5) is 16.7. The lowest BCUT2D eigenvalue weighted by Crippen LogP contribution is -2.25. The molecule has 0 aliphatic carbocycles. The molecule has 2 aromatic carbocycles. The fourth-order valence-corrected chi connectivity index (χ4v) is 3.08. The van der Waals surface area contributed by atoms with E-state index < -0.39 is 0 Å². The third kappa shape index (κ3) is 4.79. The summed E-state index contributed by atoms with van der Waals surface area (Å²) in [6.45, 7) is 0.493. The van der Waals surface area contributed by atoms with Crippen molar-refractivity contribution >= 4 is 17.7 Å². The smallest absolute Gasteiger partial charge is 0.251 e. The van der Waals surface area contributed by atoms with Crippen LogP contribution in [0.25, 0.3) is 11.4 Å². The summed E-state index contributed by atoms with van der Waals surface area (Å²) in [5, 5.41) is 10.6. The zero-order valence-corrected chi connectivity index (χ0v) is 15.9. The first-order valence-corrected chi connectivity index (χ1v) is 9.30. The van der Waals surface area contributed by atoms with Gasteiger partial charge in [0.15, 0.2) is 17.3 Å². The first kappa shape index (κ1) is 18.8. The van der Waals surface area contributed by atoms with Crippen LogP contribution in [0, 0.1) is 0 Å². The van der Waals surface area contributed by atoms with E-state index in [-0.39, 0.29) is 5.91 Å². The topological polar surface area (TPSA) is 89.1 Å². The van der Waals surface area contributed by atoms with Crippen molar-refractivity contribution < 1.29 is 14.3 Å². The number of aromatic amines is 1. The molecule has 0 aliphatic heterocycles. The number of rotatable bonds is 8. The molecule has 2 N–H and O–H groups in total. The van der Waals surface area contributed by atoms with Crippen LogP contribution in [0.4, 0.5) is 0 Å². The number of methoxy groups -OCH3 is 2. The lowest BCUT2D eigenvalue weighted by atomic mass is 10.2. The maximum Gasteiger partial charge on any atom is 0.251 e. The molecule has 27 heavy (non-hydrogen) atoms. The van der Waals surface area contributed by atoms with Crippen LogP contribution >= 0.6 is 11.8 Å². The van der Waals surface area contributed by atoms with Gasteiger partial charge in [-0.3, -0.25) is 9.89 Å². The van der Waals surface area contributed by atoms with Gasteiger partial charge in [0, 0.05) is 23.4 Å². The van der Waals surface area contributed by atoms with Crippen LogP contribution in [0.3, 0.4) is 0 Å². The van der Waals surface area contributed by atoms with E-state index in [1.807, 2.05) is 30.3 Å². The number of thioether (sulfide) groups is 1. The molecule has 3 rings (SSSR count). The molecule has 0 spiro atoms. The zero-order chi connectivity index (χ0) is 19.1. The molecule has 3 aromatic rings. The van der Waals surface area contributed by atoms with Crippen molar-refractivity contribution in [3.63, 3.8) is 0 Å². The molecule has 140 valence electrons. The van der Waals surface area contributed by atoms with E-state index in [1.165, 1.54) is 18.9 Å². The third-order valence-corrected chi connectivity index (χ3v) is 4.63. The zero-order valence-electron chi connectivity index (χ0n) is 15.1. The number of hydrogen-bond donors (Lipinski definition) is 2. The molecule has 1 heterocycles. The molecule has 1 amide bonds. The molecule has 0 saturated heterocycles. The summed E-state index contributed by atoms with van der Waals surface area (Å²) in [6.07, 6.45) is 0. The standard InChI is InChI=1S/C19H20N4O3S/c1-25-15-9-8-14(12-16(15)26-2)18(24)20-10-11-27-19-21-17(22-23-19)13-6-4-3-5-7-13/h3-9,12H,10-11H2,1-2H3,(H,20,24)(H,21,22,23). The number of benzene rings is 2. The lowest BCUT2D eigenvalue weighted by molar-refractivity contribution is 0.0955. The monoisotopic (exact) mass is 384 g/mol. The summed E-state index contributed by atoms with van der Waals surface area (Å²) in [5.74, 6) is 2.33. The Morgan fingerprint density at radius 2 is 1.89 bits per heavy atom. The summed E-state index contributed by atoms with van der Waals surface area (Å²) in [5.41, 5.74) is 1.50. The van der Waals surface area contributed by atoms with Gasteiger partial charge in [-0.25, -0.2) is 4.98 Å². The van der Waals surface area contributed by atoms with E-state index in [1.54, 1.807) is 25.3 Å². The Morgan fingerprint density at radius 3 is 2.63 bits per heavy atom. The number of hydrogen-bond acceptors (Lipinski definition) is 6. The Kier molecular flexibility index (Phi) is 6.32. The van der Waals surface area contributed by atoms with Gasteiger partial charge in [0.2, 0.25) is 5.16 Å². The number of nitrogens with zero attached hydrogens (tertiary/aromatic N) is 2. The van der Waals surface area contributed by atoms with Gasteiger partial charge in [-0.1, -0.05) is 42.1 Å². The number of aromatic nitrogens is 3. The second-order valence-corrected chi connectivity index (χ2v) is 6.57. The first-order valence-electron chi connectivity index (χ1n) is 8.32. The second kappa shape index (κ2) is 9.09. The summed E-state index contributed by atoms with van der Waals surface area (Å²) in [6, 6.07) is 14.9. The highest BCUT2D eigenvalue weighted by Gasteiger charge is 2.11. The van der Waals surface area contributed by atoms with Gasteiger partial charge in [-0.2, -0.15) is 0 Å². The highest BCUT2D eigenvalue weighted by Crippen LogP contribution is 2.27. The summed E-state index contributed by atoms with van der Waals surface area (Å²) in [7, 11) is 3.10. The number of nitrogens with one attached hydrogen (secondary N) is 2. The number of carbonyl (C=O) groups excluding carboxylic acids is 1. The normalized spacial score (nSPS) is 10.4. The predicted octanol–water partition coefficient (Wildman–Crippen LogP) is 3.01. The summed E-state index contributed by atoms with van der Waals surface area (Å²) < 4.78 is 10.4. The molecule has 0 bridgehead atoms. The molecule has 7 nitrogen and oxygen atoms in total. The van der Waals surface area contributed by atoms with Crippen molar-refractivity contribution in [2.75, 3.05) is 26.5 Å². The fourth-order valence-electron chi connectivity index (χ4n) is 2.42. The minimum atomic E-state index is -0.170. The molecule has 1 aromatic heterocycles. The number of carbonyl (C=O) groups is 1. The molecule has 0 unspecified atom stereocenters. The molecule has 0 aliphatic rings. The van der Waals surface area contributed by atoms with Crippen LogP contribution in [-0.2, 0) is 0 Å². The highest BCUT2D eigenvalue weighted by atomic mass is 32.2. The number of ether oxygens (including phenoxy) is 2. The molecule has 0 atom stereocenters. The maximum absolute atomic E-state index is 12.3. The summed E-state index contributed by atoms with van der Waals surface area (Å²) >= 11 is 1.47. The van der Waals surface area contributed by atoms with E-state index in [0.29, 0.717) is 34.5 Å². The largest absolute Gasteiger partial charge is 0.493 e. The van der Waals surface area contributed by atoms with E-state index >= 15 is 0 Å². The van der Waals surface area contributed by atoms with Crippen molar-refractivity contribution in [2.45, 2.75) is 5.16 Å². The van der Waals surface area contributed by atoms with Crippen molar-refractivity contribution in [2.24, 2.45) is 0 Å². The van der Waals surface area contributed by atoms with Crippen LogP contribution in [0.5, 0.6) is 11.5 Å². The van der Waals surface area contributed by atoms with Gasteiger partial charge < -0.3 is 14.8 Å². The molecule has 0 radical (unpaired) electrons. The van der Waals surface area contributed by atoms with E-state index in [0.717, 1.165) is 11.4 Å². The molecular weight excluding hydrogens is 364 g/mol. The van der Waals surface area contributed by atoms with Crippen molar-refractivity contribution in [3.8, 4) is 22.9 Å². The maximum atomic E-state index is 12.3. The van der Waals surface area contributed by atoms with Crippen LogP contribution in [-0.4, -0.2) is 47.6 Å². The first-order chi connectivity index (χ1) is 13.2. The molecule has 0 saturated carbocycles. The molecule has 8 heteroatoms. The van der Waals surface area contributed by atoms with Crippen LogP contribution in [0.1, 0.15) is 10.4 Å². The Morgan fingerprint density at radius 1 is 1.11 bits per heavy atom. The minimum absolute atomic E-state index is 0.170. The highest BCUT2D eigenvalue weighted by molar-refractivity contribution is 7.99. The quantitative estimate of drug-likeness (QED) is 0.458. The van der Waals surface area contributed by atoms with E-state index in [9.17, 15) is 4.79 Å². The average Bonchev–Trinajstić information content (AvgIpc) is 3.20. The van der Waals surface area contributed by atoms with Gasteiger partial charge >= 0.3 is 0 Å². The number of H-pyrrole nitrogens is 1. The second-order valence-electron chi connectivity index (χ2n) is 5.51. The Labute approximate surface area is 161 Å². The van der Waals surface area contributed by atoms with Crippen molar-refractivity contribution in [1.29, 1.82) is 0 Å². The Hall–Kier alpha value is -3.00. The van der Waals surface area contributed by atoms with E-state index in [4.69, 9.17) is 9.47 Å². The van der Waals surface area contributed by atoms with Crippen molar-refractivity contribution in [3.05, 3.63) is 54.1 Å². The van der Waals surface area contributed by atoms with E-state index in [2.05, 4.69) is 20.5 Å². The molecule has 0 fully saturated rings. The third-order valence-electron chi connectivity index (χ3n) is 3.78. The van der Waals surface area contributed by atoms with Gasteiger partial charge in [0.05, 0.1) is 14.2 Å². The van der Waals surface area contributed by atoms with Gasteiger partial charge in [-0.05, 0) is 18.2 Å². The van der Waals surface area contributed by atoms with Crippen LogP contribution in [0.15, 0.2) is 53.7 Å². The molecular formula is C19H20N4O3S. The average molecular weight is 384 g/mol. The van der Waals surface area contributed by atoms with Gasteiger partial charge in [-0.15, -0.1) is 5.10 Å². The Bertz CT molecular complexity index is 899. The van der Waals surface area contributed by atoms with Gasteiger partial charge in [0.1, 0.15) is 0 Å². The number of amides is 1. The fraction of sp³-hybridized carbons (Fsp3) is 0.211. The van der Waals surface area contributed by atoms with Crippen molar-refractivity contribution in [1.82, 2.24) is 20.5 Å². The van der Waals surface area contributed by atoms with Crippen LogP contribution in [0.2, 0.25) is 0 Å². The Balaban J connectivity index is 1.49. The van der Waals surface area contributed by atoms with Gasteiger partial charge in [0.25, 0.3) is 5.91 Å². The van der Waals surface area contributed by atoms with Crippen LogP contribution < -0.4 is 14.8 Å².